The van der Waals surface area contributed by atoms with Gasteiger partial charge >= 0.3 is 0 Å². The van der Waals surface area contributed by atoms with E-state index in [-0.39, 0.29) is 0 Å². The van der Waals surface area contributed by atoms with Gasteiger partial charge in [-0.3, -0.25) is 4.79 Å². The van der Waals surface area contributed by atoms with Crippen LogP contribution in [0.15, 0.2) is 11.1 Å². The second-order valence-electron chi connectivity index (χ2n) is 3.34. The Morgan fingerprint density at radius 3 is 2.36 bits per heavy atom. The van der Waals surface area contributed by atoms with Gasteiger partial charge in [-0.15, -0.1) is 0 Å². The molecular weight excluding hydrogens is 136 g/mol. The molecule has 0 saturated heterocycles. The zero-order valence-corrected chi connectivity index (χ0v) is 7.23. The molecule has 0 fully saturated rings. The van der Waals surface area contributed by atoms with E-state index in [0.717, 1.165) is 24.7 Å². The Kier molecular flexibility index (Phi) is 3.34. The van der Waals surface area contributed by atoms with Gasteiger partial charge in [0, 0.05) is 0 Å². The summed E-state index contributed by atoms with van der Waals surface area (Å²) in [5.74, 6) is 0. The molecule has 0 aromatic carbocycles. The van der Waals surface area contributed by atoms with Crippen molar-refractivity contribution in [1.82, 2.24) is 0 Å². The van der Waals surface area contributed by atoms with Gasteiger partial charge < -0.3 is 0 Å². The molecule has 1 heteroatoms. The lowest BCUT2D eigenvalue weighted by Crippen LogP contribution is -1.95. The molecule has 1 aliphatic carbocycles. The van der Waals surface area contributed by atoms with Crippen LogP contribution in [-0.2, 0) is 4.79 Å². The van der Waals surface area contributed by atoms with Crippen molar-refractivity contribution in [3.05, 3.63) is 11.1 Å². The largest absolute Gasteiger partial charge is 0.298 e. The fraction of sp³-hybridized carbons (Fsp3) is 0.700. The number of carbonyl (C=O) groups excluding carboxylic acids is 1. The van der Waals surface area contributed by atoms with Gasteiger partial charge in [0.2, 0.25) is 0 Å². The molecule has 0 aromatic rings. The standard InChI is InChI=1S/C10H16O/c1-9-6-4-2-3-5-7-10(9)8-11/h8H,2-7H2,1H3/b10-9+. The summed E-state index contributed by atoms with van der Waals surface area (Å²) >= 11 is 0. The van der Waals surface area contributed by atoms with E-state index in [1.807, 2.05) is 0 Å². The number of aldehydes is 1. The van der Waals surface area contributed by atoms with Gasteiger partial charge in [0.25, 0.3) is 0 Å². The maximum atomic E-state index is 10.6. The molecule has 0 radical (unpaired) electrons. The van der Waals surface area contributed by atoms with Crippen molar-refractivity contribution >= 4 is 6.29 Å². The maximum Gasteiger partial charge on any atom is 0.145 e. The van der Waals surface area contributed by atoms with Crippen LogP contribution in [0.2, 0.25) is 0 Å². The highest BCUT2D eigenvalue weighted by atomic mass is 16.1. The average molecular weight is 152 g/mol. The second kappa shape index (κ2) is 4.32. The van der Waals surface area contributed by atoms with Crippen LogP contribution in [0.25, 0.3) is 0 Å². The van der Waals surface area contributed by atoms with Crippen molar-refractivity contribution in [2.75, 3.05) is 0 Å². The summed E-state index contributed by atoms with van der Waals surface area (Å²) in [4.78, 5) is 10.6. The summed E-state index contributed by atoms with van der Waals surface area (Å²) in [5.41, 5.74) is 2.38. The zero-order valence-electron chi connectivity index (χ0n) is 7.23. The Bertz CT molecular complexity index is 168. The highest BCUT2D eigenvalue weighted by Crippen LogP contribution is 2.20. The van der Waals surface area contributed by atoms with Gasteiger partial charge in [-0.2, -0.15) is 0 Å². The SMILES string of the molecule is C/C1=C(\C=O)CCCCCC1. The molecule has 0 heterocycles. The molecular formula is C10H16O. The Balaban J connectivity index is 2.63. The van der Waals surface area contributed by atoms with Crippen molar-refractivity contribution < 1.29 is 4.79 Å². The molecule has 0 amide bonds. The second-order valence-corrected chi connectivity index (χ2v) is 3.34. The van der Waals surface area contributed by atoms with Crippen molar-refractivity contribution in [2.24, 2.45) is 0 Å². The highest BCUT2D eigenvalue weighted by molar-refractivity contribution is 5.74. The van der Waals surface area contributed by atoms with Gasteiger partial charge in [-0.1, -0.05) is 18.4 Å². The van der Waals surface area contributed by atoms with E-state index in [1.165, 1.54) is 31.3 Å². The Morgan fingerprint density at radius 1 is 1.09 bits per heavy atom. The molecule has 11 heavy (non-hydrogen) atoms. The molecule has 0 spiro atoms. The first kappa shape index (κ1) is 8.51. The minimum atomic E-state index is 1.01. The molecule has 1 rings (SSSR count). The van der Waals surface area contributed by atoms with E-state index in [0.29, 0.717) is 0 Å². The third kappa shape index (κ3) is 2.49. The molecule has 0 bridgehead atoms. The number of carbonyl (C=O) groups is 1. The van der Waals surface area contributed by atoms with Crippen LogP contribution in [-0.4, -0.2) is 6.29 Å². The Hall–Kier alpha value is -0.590. The van der Waals surface area contributed by atoms with Crippen LogP contribution in [0.3, 0.4) is 0 Å². The third-order valence-corrected chi connectivity index (χ3v) is 2.44. The molecule has 0 aliphatic heterocycles. The lowest BCUT2D eigenvalue weighted by molar-refractivity contribution is -0.105. The van der Waals surface area contributed by atoms with Crippen LogP contribution in [0.1, 0.15) is 45.4 Å². The summed E-state index contributed by atoms with van der Waals surface area (Å²) < 4.78 is 0. The fourth-order valence-electron chi connectivity index (χ4n) is 1.59. The minimum absolute atomic E-state index is 1.01. The first-order chi connectivity index (χ1) is 5.34. The lowest BCUT2D eigenvalue weighted by Gasteiger charge is -2.10. The predicted molar refractivity (Wildman–Crippen MR) is 46.5 cm³/mol. The van der Waals surface area contributed by atoms with E-state index in [2.05, 4.69) is 6.92 Å². The predicted octanol–water partition coefficient (Wildman–Crippen LogP) is 2.86. The first-order valence-corrected chi connectivity index (χ1v) is 4.48. The average Bonchev–Trinajstić information content (AvgIpc) is 1.98. The molecule has 1 nitrogen and oxygen atoms in total. The van der Waals surface area contributed by atoms with Crippen LogP contribution in [0.4, 0.5) is 0 Å². The van der Waals surface area contributed by atoms with E-state index in [1.54, 1.807) is 0 Å². The molecule has 0 N–H and O–H groups in total. The van der Waals surface area contributed by atoms with Crippen molar-refractivity contribution in [2.45, 2.75) is 45.4 Å². The summed E-state index contributed by atoms with van der Waals surface area (Å²) in [6.45, 7) is 2.09. The third-order valence-electron chi connectivity index (χ3n) is 2.44. The summed E-state index contributed by atoms with van der Waals surface area (Å²) in [7, 11) is 0. The van der Waals surface area contributed by atoms with Crippen LogP contribution < -0.4 is 0 Å². The number of hydrogen-bond acceptors (Lipinski definition) is 1. The maximum absolute atomic E-state index is 10.6. The summed E-state index contributed by atoms with van der Waals surface area (Å²) in [5, 5.41) is 0. The van der Waals surface area contributed by atoms with Crippen LogP contribution in [0.5, 0.6) is 0 Å². The normalized spacial score (nSPS) is 27.4. The van der Waals surface area contributed by atoms with Gasteiger partial charge in [0.05, 0.1) is 0 Å². The van der Waals surface area contributed by atoms with Crippen molar-refractivity contribution in [3.8, 4) is 0 Å². The van der Waals surface area contributed by atoms with E-state index >= 15 is 0 Å². The van der Waals surface area contributed by atoms with E-state index < -0.39 is 0 Å². The van der Waals surface area contributed by atoms with Crippen LogP contribution in [0, 0.1) is 0 Å². The van der Waals surface area contributed by atoms with E-state index in [9.17, 15) is 4.79 Å². The van der Waals surface area contributed by atoms with Gasteiger partial charge in [-0.25, -0.2) is 0 Å². The number of hydrogen-bond donors (Lipinski definition) is 0. The molecule has 0 atom stereocenters. The van der Waals surface area contributed by atoms with Gasteiger partial charge in [0.15, 0.2) is 0 Å². The lowest BCUT2D eigenvalue weighted by atomic mass is 9.95. The quantitative estimate of drug-likeness (QED) is 0.528. The topological polar surface area (TPSA) is 17.1 Å². The molecule has 0 unspecified atom stereocenters. The molecule has 1 aliphatic rings. The zero-order chi connectivity index (χ0) is 8.10. The van der Waals surface area contributed by atoms with Crippen molar-refractivity contribution in [1.29, 1.82) is 0 Å². The van der Waals surface area contributed by atoms with Crippen LogP contribution >= 0.6 is 0 Å². The van der Waals surface area contributed by atoms with Gasteiger partial charge in [-0.05, 0) is 38.2 Å². The molecule has 0 saturated carbocycles. The highest BCUT2D eigenvalue weighted by Gasteiger charge is 2.04. The van der Waals surface area contributed by atoms with Crippen molar-refractivity contribution in [3.63, 3.8) is 0 Å². The number of allylic oxidation sites excluding steroid dienone is 2. The fourth-order valence-corrected chi connectivity index (χ4v) is 1.59. The first-order valence-electron chi connectivity index (χ1n) is 4.48. The smallest absolute Gasteiger partial charge is 0.145 e. The molecule has 0 aromatic heterocycles. The summed E-state index contributed by atoms with van der Waals surface area (Å²) in [6.07, 6.45) is 8.28. The molecule has 62 valence electrons. The van der Waals surface area contributed by atoms with E-state index in [4.69, 9.17) is 0 Å². The summed E-state index contributed by atoms with van der Waals surface area (Å²) in [6, 6.07) is 0. The minimum Gasteiger partial charge on any atom is -0.298 e. The monoisotopic (exact) mass is 152 g/mol. The Labute approximate surface area is 68.5 Å². The Morgan fingerprint density at radius 2 is 1.73 bits per heavy atom. The number of rotatable bonds is 1. The van der Waals surface area contributed by atoms with Gasteiger partial charge in [0.1, 0.15) is 6.29 Å².